The van der Waals surface area contributed by atoms with Gasteiger partial charge in [-0.1, -0.05) is 0 Å². The molecule has 1 amide bonds. The molecular formula is C15H13N5O2. The predicted octanol–water partition coefficient (Wildman–Crippen LogP) is 1.39. The average Bonchev–Trinajstić information content (AvgIpc) is 2.86. The monoisotopic (exact) mass is 295 g/mol. The van der Waals surface area contributed by atoms with Crippen LogP contribution >= 0.6 is 0 Å². The number of carbonyl (C=O) groups is 1. The van der Waals surface area contributed by atoms with Gasteiger partial charge in [0.2, 0.25) is 0 Å². The van der Waals surface area contributed by atoms with Crippen molar-refractivity contribution in [2.24, 2.45) is 0 Å². The number of ether oxygens (including phenoxy) is 1. The molecule has 0 atom stereocenters. The van der Waals surface area contributed by atoms with Gasteiger partial charge in [-0.3, -0.25) is 19.9 Å². The third-order valence-electron chi connectivity index (χ3n) is 3.69. The highest BCUT2D eigenvalue weighted by Crippen LogP contribution is 2.23. The zero-order valence-electron chi connectivity index (χ0n) is 11.7. The summed E-state index contributed by atoms with van der Waals surface area (Å²) in [5.41, 5.74) is 2.05. The van der Waals surface area contributed by atoms with Crippen molar-refractivity contribution < 1.29 is 9.53 Å². The number of nitrogens with one attached hydrogen (secondary N) is 1. The first-order chi connectivity index (χ1) is 10.8. The number of hydrogen-bond acceptors (Lipinski definition) is 5. The molecule has 1 aliphatic rings. The van der Waals surface area contributed by atoms with E-state index in [1.54, 1.807) is 35.8 Å². The quantitative estimate of drug-likeness (QED) is 0.733. The topological polar surface area (TPSA) is 84.0 Å². The van der Waals surface area contributed by atoms with E-state index in [9.17, 15) is 4.79 Å². The zero-order chi connectivity index (χ0) is 14.9. The fourth-order valence-corrected chi connectivity index (χ4v) is 2.58. The third kappa shape index (κ3) is 2.07. The number of pyridine rings is 2. The fourth-order valence-electron chi connectivity index (χ4n) is 2.58. The van der Waals surface area contributed by atoms with E-state index >= 15 is 0 Å². The SMILES string of the molecule is O=C(c1n[nH]c2cnccc12)N1CCOc2ccncc2C1. The van der Waals surface area contributed by atoms with Crippen molar-refractivity contribution in [2.75, 3.05) is 13.2 Å². The Bertz CT molecular complexity index is 845. The van der Waals surface area contributed by atoms with Gasteiger partial charge < -0.3 is 9.64 Å². The molecule has 4 heterocycles. The van der Waals surface area contributed by atoms with Crippen LogP contribution in [0.3, 0.4) is 0 Å². The van der Waals surface area contributed by atoms with E-state index in [1.807, 2.05) is 6.07 Å². The molecule has 0 saturated heterocycles. The van der Waals surface area contributed by atoms with Crippen molar-refractivity contribution in [3.05, 3.63) is 48.2 Å². The summed E-state index contributed by atoms with van der Waals surface area (Å²) in [6, 6.07) is 3.61. The minimum atomic E-state index is -0.127. The number of rotatable bonds is 1. The Kier molecular flexibility index (Phi) is 2.96. The zero-order valence-corrected chi connectivity index (χ0v) is 11.7. The van der Waals surface area contributed by atoms with Crippen LogP contribution in [-0.2, 0) is 6.54 Å². The molecule has 0 fully saturated rings. The van der Waals surface area contributed by atoms with E-state index in [-0.39, 0.29) is 5.91 Å². The molecule has 3 aromatic heterocycles. The summed E-state index contributed by atoms with van der Waals surface area (Å²) in [5, 5.41) is 7.76. The minimum absolute atomic E-state index is 0.127. The Hall–Kier alpha value is -2.96. The first-order valence-electron chi connectivity index (χ1n) is 6.96. The molecule has 3 aromatic rings. The van der Waals surface area contributed by atoms with Gasteiger partial charge in [0, 0.05) is 29.5 Å². The predicted molar refractivity (Wildman–Crippen MR) is 78.4 cm³/mol. The highest BCUT2D eigenvalue weighted by molar-refractivity contribution is 6.04. The van der Waals surface area contributed by atoms with Crippen LogP contribution in [-0.4, -0.2) is 44.1 Å². The average molecular weight is 295 g/mol. The first kappa shape index (κ1) is 12.8. The Balaban J connectivity index is 1.68. The smallest absolute Gasteiger partial charge is 0.275 e. The summed E-state index contributed by atoms with van der Waals surface area (Å²) in [6.45, 7) is 1.42. The van der Waals surface area contributed by atoms with E-state index in [0.29, 0.717) is 25.4 Å². The lowest BCUT2D eigenvalue weighted by molar-refractivity contribution is 0.0729. The second-order valence-electron chi connectivity index (χ2n) is 5.05. The molecule has 0 bridgehead atoms. The van der Waals surface area contributed by atoms with Gasteiger partial charge in [0.1, 0.15) is 12.4 Å². The Morgan fingerprint density at radius 3 is 3.05 bits per heavy atom. The summed E-state index contributed by atoms with van der Waals surface area (Å²) >= 11 is 0. The van der Waals surface area contributed by atoms with E-state index in [1.165, 1.54) is 0 Å². The molecule has 0 spiro atoms. The Morgan fingerprint density at radius 1 is 1.23 bits per heavy atom. The van der Waals surface area contributed by atoms with Crippen molar-refractivity contribution in [1.29, 1.82) is 0 Å². The summed E-state index contributed by atoms with van der Waals surface area (Å²) in [5.74, 6) is 0.652. The number of fused-ring (bicyclic) bond motifs is 2. The largest absolute Gasteiger partial charge is 0.491 e. The Morgan fingerprint density at radius 2 is 2.09 bits per heavy atom. The first-order valence-corrected chi connectivity index (χ1v) is 6.96. The number of nitrogens with zero attached hydrogens (tertiary/aromatic N) is 4. The van der Waals surface area contributed by atoms with Gasteiger partial charge in [-0.25, -0.2) is 0 Å². The molecule has 7 heteroatoms. The van der Waals surface area contributed by atoms with Crippen molar-refractivity contribution >= 4 is 16.8 Å². The van der Waals surface area contributed by atoms with Crippen molar-refractivity contribution in [2.45, 2.75) is 6.54 Å². The van der Waals surface area contributed by atoms with Crippen molar-refractivity contribution in [1.82, 2.24) is 25.1 Å². The molecule has 0 saturated carbocycles. The maximum atomic E-state index is 12.8. The highest BCUT2D eigenvalue weighted by Gasteiger charge is 2.24. The lowest BCUT2D eigenvalue weighted by atomic mass is 10.2. The van der Waals surface area contributed by atoms with Gasteiger partial charge in [0.15, 0.2) is 5.69 Å². The number of carbonyl (C=O) groups excluding carboxylic acids is 1. The molecule has 4 rings (SSSR count). The molecule has 0 radical (unpaired) electrons. The van der Waals surface area contributed by atoms with E-state index in [4.69, 9.17) is 4.74 Å². The molecule has 1 N–H and O–H groups in total. The van der Waals surface area contributed by atoms with Crippen LogP contribution in [0.25, 0.3) is 10.9 Å². The van der Waals surface area contributed by atoms with E-state index in [2.05, 4.69) is 20.2 Å². The molecular weight excluding hydrogens is 282 g/mol. The van der Waals surface area contributed by atoms with E-state index in [0.717, 1.165) is 22.2 Å². The number of hydrogen-bond donors (Lipinski definition) is 1. The number of aromatic amines is 1. The lowest BCUT2D eigenvalue weighted by Crippen LogP contribution is -2.32. The van der Waals surface area contributed by atoms with Crippen LogP contribution in [0.5, 0.6) is 5.75 Å². The van der Waals surface area contributed by atoms with Crippen LogP contribution < -0.4 is 4.74 Å². The van der Waals surface area contributed by atoms with Gasteiger partial charge >= 0.3 is 0 Å². The minimum Gasteiger partial charge on any atom is -0.491 e. The number of aromatic nitrogens is 4. The maximum absolute atomic E-state index is 12.8. The Labute approximate surface area is 125 Å². The molecule has 110 valence electrons. The van der Waals surface area contributed by atoms with Gasteiger partial charge in [0.05, 0.1) is 24.8 Å². The third-order valence-corrected chi connectivity index (χ3v) is 3.69. The number of amides is 1. The van der Waals surface area contributed by atoms with Gasteiger partial charge in [-0.2, -0.15) is 5.10 Å². The van der Waals surface area contributed by atoms with Gasteiger partial charge in [0.25, 0.3) is 5.91 Å². The van der Waals surface area contributed by atoms with Gasteiger partial charge in [-0.15, -0.1) is 0 Å². The summed E-state index contributed by atoms with van der Waals surface area (Å²) in [6.07, 6.45) is 6.72. The molecule has 1 aliphatic heterocycles. The van der Waals surface area contributed by atoms with Crippen molar-refractivity contribution in [3.8, 4) is 5.75 Å². The van der Waals surface area contributed by atoms with Crippen LogP contribution in [0, 0.1) is 0 Å². The van der Waals surface area contributed by atoms with Crippen molar-refractivity contribution in [3.63, 3.8) is 0 Å². The van der Waals surface area contributed by atoms with Gasteiger partial charge in [-0.05, 0) is 12.1 Å². The molecule has 0 aliphatic carbocycles. The molecule has 0 unspecified atom stereocenters. The second-order valence-corrected chi connectivity index (χ2v) is 5.05. The summed E-state index contributed by atoms with van der Waals surface area (Å²) in [7, 11) is 0. The van der Waals surface area contributed by atoms with Crippen LogP contribution in [0.4, 0.5) is 0 Å². The second kappa shape index (κ2) is 5.10. The highest BCUT2D eigenvalue weighted by atomic mass is 16.5. The lowest BCUT2D eigenvalue weighted by Gasteiger charge is -2.18. The molecule has 22 heavy (non-hydrogen) atoms. The van der Waals surface area contributed by atoms with Crippen LogP contribution in [0.2, 0.25) is 0 Å². The number of H-pyrrole nitrogens is 1. The standard InChI is InChI=1S/C15H13N5O2/c21-15(14-11-1-3-17-8-12(11)18-19-14)20-5-6-22-13-2-4-16-7-10(13)9-20/h1-4,7-8H,5-6,9H2,(H,18,19). The maximum Gasteiger partial charge on any atom is 0.275 e. The summed E-state index contributed by atoms with van der Waals surface area (Å²) < 4.78 is 5.66. The van der Waals surface area contributed by atoms with E-state index < -0.39 is 0 Å². The molecule has 0 aromatic carbocycles. The normalized spacial score (nSPS) is 14.3. The molecule has 7 nitrogen and oxygen atoms in total. The fraction of sp³-hybridized carbons (Fsp3) is 0.200. The summed E-state index contributed by atoms with van der Waals surface area (Å²) in [4.78, 5) is 22.6. The van der Waals surface area contributed by atoms with Crippen LogP contribution in [0.1, 0.15) is 16.1 Å². The van der Waals surface area contributed by atoms with Crippen LogP contribution in [0.15, 0.2) is 36.9 Å².